The van der Waals surface area contributed by atoms with Crippen molar-refractivity contribution in [1.29, 1.82) is 0 Å². The van der Waals surface area contributed by atoms with Crippen LogP contribution < -0.4 is 0 Å². The van der Waals surface area contributed by atoms with E-state index in [1.807, 2.05) is 30.3 Å². The fourth-order valence-electron chi connectivity index (χ4n) is 1.08. The Labute approximate surface area is 71.0 Å². The zero-order valence-corrected chi connectivity index (χ0v) is 6.68. The Morgan fingerprint density at radius 2 is 2.00 bits per heavy atom. The number of benzene rings is 1. The molecule has 64 valence electrons. The van der Waals surface area contributed by atoms with Crippen LogP contribution in [0.4, 0.5) is 0 Å². The van der Waals surface area contributed by atoms with E-state index in [4.69, 9.17) is 5.11 Å². The van der Waals surface area contributed by atoms with Gasteiger partial charge in [-0.05, 0) is 5.56 Å². The zero-order chi connectivity index (χ0) is 8.81. The molecular weight excluding hydrogens is 154 g/mol. The van der Waals surface area contributed by atoms with E-state index in [9.17, 15) is 4.91 Å². The second-order valence-electron chi connectivity index (χ2n) is 2.54. The normalized spacial score (nSPS) is 12.4. The average Bonchev–Trinajstić information content (AvgIpc) is 2.15. The molecule has 0 saturated heterocycles. The molecule has 1 aromatic rings. The van der Waals surface area contributed by atoms with Crippen LogP contribution >= 0.6 is 0 Å². The van der Waals surface area contributed by atoms with Crippen molar-refractivity contribution in [3.8, 4) is 0 Å². The summed E-state index contributed by atoms with van der Waals surface area (Å²) in [7, 11) is 0. The maximum absolute atomic E-state index is 10.3. The lowest BCUT2D eigenvalue weighted by Crippen LogP contribution is -1.97. The van der Waals surface area contributed by atoms with E-state index in [1.165, 1.54) is 0 Å². The predicted octanol–water partition coefficient (Wildman–Crippen LogP) is 1.88. The molecule has 1 atom stereocenters. The number of nitroso groups, excluding NO2 is 1. The number of hydrogen-bond donors (Lipinski definition) is 1. The van der Waals surface area contributed by atoms with Gasteiger partial charge >= 0.3 is 0 Å². The lowest BCUT2D eigenvalue weighted by atomic mass is 10.1. The van der Waals surface area contributed by atoms with Crippen molar-refractivity contribution in [2.75, 3.05) is 6.61 Å². The maximum atomic E-state index is 10.3. The average molecular weight is 165 g/mol. The Hall–Kier alpha value is -1.22. The standard InChI is InChI=1S/C9H11NO2/c11-7-6-9(10-12)8-4-2-1-3-5-8/h1-5,9,11H,6-7H2. The fraction of sp³-hybridized carbons (Fsp3) is 0.333. The molecular formula is C9H11NO2. The van der Waals surface area contributed by atoms with E-state index >= 15 is 0 Å². The summed E-state index contributed by atoms with van der Waals surface area (Å²) in [6, 6.07) is 8.85. The molecule has 0 bridgehead atoms. The highest BCUT2D eigenvalue weighted by molar-refractivity contribution is 5.18. The van der Waals surface area contributed by atoms with Crippen LogP contribution in [-0.4, -0.2) is 11.7 Å². The molecule has 0 fully saturated rings. The molecule has 0 aromatic heterocycles. The molecule has 0 aliphatic heterocycles. The van der Waals surface area contributed by atoms with Crippen LogP contribution in [0.1, 0.15) is 18.0 Å². The van der Waals surface area contributed by atoms with Crippen molar-refractivity contribution >= 4 is 0 Å². The van der Waals surface area contributed by atoms with E-state index in [0.717, 1.165) is 5.56 Å². The van der Waals surface area contributed by atoms with Crippen LogP contribution in [0.5, 0.6) is 0 Å². The molecule has 0 saturated carbocycles. The Kier molecular flexibility index (Phi) is 3.41. The highest BCUT2D eigenvalue weighted by Gasteiger charge is 2.09. The third-order valence-electron chi connectivity index (χ3n) is 1.71. The highest BCUT2D eigenvalue weighted by Crippen LogP contribution is 2.19. The molecule has 1 aromatic carbocycles. The fourth-order valence-corrected chi connectivity index (χ4v) is 1.08. The molecule has 0 radical (unpaired) electrons. The van der Waals surface area contributed by atoms with Gasteiger partial charge in [-0.3, -0.25) is 0 Å². The Morgan fingerprint density at radius 1 is 1.33 bits per heavy atom. The van der Waals surface area contributed by atoms with Gasteiger partial charge in [-0.2, -0.15) is 4.91 Å². The van der Waals surface area contributed by atoms with Gasteiger partial charge < -0.3 is 5.11 Å². The monoisotopic (exact) mass is 165 g/mol. The Balaban J connectivity index is 2.73. The summed E-state index contributed by atoms with van der Waals surface area (Å²) in [5, 5.41) is 11.6. The summed E-state index contributed by atoms with van der Waals surface area (Å²) >= 11 is 0. The molecule has 12 heavy (non-hydrogen) atoms. The lowest BCUT2D eigenvalue weighted by molar-refractivity contribution is 0.276. The lowest BCUT2D eigenvalue weighted by Gasteiger charge is -2.05. The molecule has 0 aliphatic carbocycles. The van der Waals surface area contributed by atoms with Gasteiger partial charge in [0.2, 0.25) is 0 Å². The van der Waals surface area contributed by atoms with E-state index in [1.54, 1.807) is 0 Å². The summed E-state index contributed by atoms with van der Waals surface area (Å²) in [5.74, 6) is 0. The van der Waals surface area contributed by atoms with Crippen molar-refractivity contribution in [1.82, 2.24) is 0 Å². The molecule has 3 nitrogen and oxygen atoms in total. The minimum Gasteiger partial charge on any atom is -0.396 e. The van der Waals surface area contributed by atoms with Gasteiger partial charge in [-0.25, -0.2) is 0 Å². The van der Waals surface area contributed by atoms with Gasteiger partial charge in [-0.1, -0.05) is 35.5 Å². The first-order valence-electron chi connectivity index (χ1n) is 3.86. The first-order chi connectivity index (χ1) is 5.88. The molecule has 1 rings (SSSR count). The summed E-state index contributed by atoms with van der Waals surface area (Å²) in [6.45, 7) is -0.00863. The minimum absolute atomic E-state index is 0.00863. The quantitative estimate of drug-likeness (QED) is 0.692. The zero-order valence-electron chi connectivity index (χ0n) is 6.68. The van der Waals surface area contributed by atoms with Gasteiger partial charge in [0, 0.05) is 13.0 Å². The molecule has 0 amide bonds. The van der Waals surface area contributed by atoms with Crippen molar-refractivity contribution in [2.45, 2.75) is 12.5 Å². The summed E-state index contributed by atoms with van der Waals surface area (Å²) in [5.41, 5.74) is 0.863. The Morgan fingerprint density at radius 3 is 2.50 bits per heavy atom. The van der Waals surface area contributed by atoms with E-state index in [2.05, 4.69) is 5.18 Å². The number of hydrogen-bond acceptors (Lipinski definition) is 3. The summed E-state index contributed by atoms with van der Waals surface area (Å²) in [6.07, 6.45) is 0.396. The maximum Gasteiger partial charge on any atom is 0.119 e. The molecule has 0 spiro atoms. The first kappa shape index (κ1) is 8.87. The van der Waals surface area contributed by atoms with E-state index in [0.29, 0.717) is 6.42 Å². The van der Waals surface area contributed by atoms with Crippen LogP contribution in [0.15, 0.2) is 35.5 Å². The Bertz CT molecular complexity index is 236. The third kappa shape index (κ3) is 2.13. The van der Waals surface area contributed by atoms with Crippen LogP contribution in [-0.2, 0) is 0 Å². The second kappa shape index (κ2) is 4.62. The minimum atomic E-state index is -0.406. The van der Waals surface area contributed by atoms with Crippen molar-refractivity contribution < 1.29 is 5.11 Å². The smallest absolute Gasteiger partial charge is 0.119 e. The molecule has 1 unspecified atom stereocenters. The largest absolute Gasteiger partial charge is 0.396 e. The predicted molar refractivity (Wildman–Crippen MR) is 46.7 cm³/mol. The topological polar surface area (TPSA) is 49.7 Å². The highest BCUT2D eigenvalue weighted by atomic mass is 16.3. The van der Waals surface area contributed by atoms with Gasteiger partial charge in [0.05, 0.1) is 0 Å². The second-order valence-corrected chi connectivity index (χ2v) is 2.54. The van der Waals surface area contributed by atoms with Crippen LogP contribution in [0.25, 0.3) is 0 Å². The van der Waals surface area contributed by atoms with Crippen molar-refractivity contribution in [3.05, 3.63) is 40.8 Å². The number of rotatable bonds is 4. The first-order valence-corrected chi connectivity index (χ1v) is 3.86. The van der Waals surface area contributed by atoms with Crippen LogP contribution in [0.2, 0.25) is 0 Å². The summed E-state index contributed by atoms with van der Waals surface area (Å²) < 4.78 is 0. The van der Waals surface area contributed by atoms with E-state index in [-0.39, 0.29) is 6.61 Å². The third-order valence-corrected chi connectivity index (χ3v) is 1.71. The number of aliphatic hydroxyl groups excluding tert-OH is 1. The summed E-state index contributed by atoms with van der Waals surface area (Å²) in [4.78, 5) is 10.3. The molecule has 1 N–H and O–H groups in total. The van der Waals surface area contributed by atoms with Gasteiger partial charge in [0.1, 0.15) is 6.04 Å². The van der Waals surface area contributed by atoms with Gasteiger partial charge in [-0.15, -0.1) is 0 Å². The number of aliphatic hydroxyl groups is 1. The van der Waals surface area contributed by atoms with Crippen molar-refractivity contribution in [3.63, 3.8) is 0 Å². The van der Waals surface area contributed by atoms with Crippen molar-refractivity contribution in [2.24, 2.45) is 5.18 Å². The molecule has 0 heterocycles. The molecule has 3 heteroatoms. The van der Waals surface area contributed by atoms with Crippen LogP contribution in [0.3, 0.4) is 0 Å². The number of nitrogens with zero attached hydrogens (tertiary/aromatic N) is 1. The SMILES string of the molecule is O=NC(CCO)c1ccccc1. The van der Waals surface area contributed by atoms with E-state index < -0.39 is 6.04 Å². The van der Waals surface area contributed by atoms with Gasteiger partial charge in [0.25, 0.3) is 0 Å². The van der Waals surface area contributed by atoms with Gasteiger partial charge in [0.15, 0.2) is 0 Å². The van der Waals surface area contributed by atoms with Crippen LogP contribution in [0, 0.1) is 4.91 Å². The molecule has 0 aliphatic rings.